The molecular formula is C23H26N4O2. The molecule has 6 nitrogen and oxygen atoms in total. The van der Waals surface area contributed by atoms with Gasteiger partial charge < -0.3 is 15.0 Å². The largest absolute Gasteiger partial charge is 0.497 e. The number of anilines is 3. The van der Waals surface area contributed by atoms with Gasteiger partial charge >= 0.3 is 0 Å². The minimum atomic E-state index is -0.202. The van der Waals surface area contributed by atoms with Crippen molar-refractivity contribution in [1.82, 2.24) is 9.97 Å². The molecule has 2 N–H and O–H groups in total. The number of piperidine rings is 1. The molecule has 1 atom stereocenters. The molecule has 3 aromatic rings. The second-order valence-corrected chi connectivity index (χ2v) is 7.57. The molecule has 0 bridgehead atoms. The van der Waals surface area contributed by atoms with E-state index in [0.29, 0.717) is 11.6 Å². The predicted molar refractivity (Wildman–Crippen MR) is 117 cm³/mol. The van der Waals surface area contributed by atoms with Crippen LogP contribution in [0.15, 0.2) is 59.4 Å². The molecule has 0 saturated carbocycles. The second-order valence-electron chi connectivity index (χ2n) is 7.57. The van der Waals surface area contributed by atoms with Crippen LogP contribution < -0.4 is 20.5 Å². The normalized spacial score (nSPS) is 16.5. The Morgan fingerprint density at radius 2 is 1.90 bits per heavy atom. The zero-order chi connectivity index (χ0) is 20.2. The number of hydrogen-bond donors (Lipinski definition) is 2. The number of aromatic nitrogens is 2. The van der Waals surface area contributed by atoms with E-state index in [9.17, 15) is 4.79 Å². The average molecular weight is 390 g/mol. The van der Waals surface area contributed by atoms with Gasteiger partial charge in [-0.3, -0.25) is 9.78 Å². The lowest BCUT2D eigenvalue weighted by Gasteiger charge is -2.32. The van der Waals surface area contributed by atoms with Crippen molar-refractivity contribution in [3.63, 3.8) is 0 Å². The SMILES string of the molecule is COc1ccc(-c2cc(=O)[nH]c(Nc3ccc(N4CCCC(C)C4)cc3)n2)cc1. The lowest BCUT2D eigenvalue weighted by molar-refractivity contribution is 0.415. The molecule has 2 heterocycles. The van der Waals surface area contributed by atoms with Gasteiger partial charge in [0.15, 0.2) is 0 Å². The van der Waals surface area contributed by atoms with Gasteiger partial charge in [-0.25, -0.2) is 4.98 Å². The highest BCUT2D eigenvalue weighted by molar-refractivity contribution is 5.64. The van der Waals surface area contributed by atoms with Crippen LogP contribution >= 0.6 is 0 Å². The van der Waals surface area contributed by atoms with E-state index in [1.165, 1.54) is 24.6 Å². The molecule has 1 aliphatic heterocycles. The molecule has 4 rings (SSSR count). The van der Waals surface area contributed by atoms with Crippen molar-refractivity contribution in [2.24, 2.45) is 5.92 Å². The third kappa shape index (κ3) is 4.59. The van der Waals surface area contributed by atoms with Crippen LogP contribution in [-0.4, -0.2) is 30.2 Å². The van der Waals surface area contributed by atoms with Crippen LogP contribution in [0.4, 0.5) is 17.3 Å². The third-order valence-electron chi connectivity index (χ3n) is 5.28. The Morgan fingerprint density at radius 1 is 1.14 bits per heavy atom. The van der Waals surface area contributed by atoms with Crippen LogP contribution in [0.2, 0.25) is 0 Å². The quantitative estimate of drug-likeness (QED) is 0.675. The summed E-state index contributed by atoms with van der Waals surface area (Å²) in [4.78, 5) is 21.9. The highest BCUT2D eigenvalue weighted by Crippen LogP contribution is 2.25. The maximum absolute atomic E-state index is 12.1. The monoisotopic (exact) mass is 390 g/mol. The summed E-state index contributed by atoms with van der Waals surface area (Å²) in [5.41, 5.74) is 3.38. The maximum Gasteiger partial charge on any atom is 0.252 e. The lowest BCUT2D eigenvalue weighted by Crippen LogP contribution is -2.34. The lowest BCUT2D eigenvalue weighted by atomic mass is 10.00. The molecule has 1 aromatic heterocycles. The summed E-state index contributed by atoms with van der Waals surface area (Å²) in [5, 5.41) is 3.21. The van der Waals surface area contributed by atoms with Crippen molar-refractivity contribution < 1.29 is 4.74 Å². The number of H-pyrrole nitrogens is 1. The van der Waals surface area contributed by atoms with Gasteiger partial charge in [0.2, 0.25) is 5.95 Å². The van der Waals surface area contributed by atoms with Crippen LogP contribution in [0.3, 0.4) is 0 Å². The van der Waals surface area contributed by atoms with Crippen LogP contribution in [-0.2, 0) is 0 Å². The van der Waals surface area contributed by atoms with E-state index in [1.807, 2.05) is 36.4 Å². The Hall–Kier alpha value is -3.28. The number of methoxy groups -OCH3 is 1. The van der Waals surface area contributed by atoms with E-state index >= 15 is 0 Å². The molecule has 1 unspecified atom stereocenters. The van der Waals surface area contributed by atoms with Gasteiger partial charge in [-0.2, -0.15) is 0 Å². The van der Waals surface area contributed by atoms with Crippen molar-refractivity contribution in [3.05, 3.63) is 65.0 Å². The number of hydrogen-bond acceptors (Lipinski definition) is 5. The summed E-state index contributed by atoms with van der Waals surface area (Å²) in [6, 6.07) is 17.3. The van der Waals surface area contributed by atoms with Crippen LogP contribution in [0.5, 0.6) is 5.75 Å². The smallest absolute Gasteiger partial charge is 0.252 e. The third-order valence-corrected chi connectivity index (χ3v) is 5.28. The zero-order valence-electron chi connectivity index (χ0n) is 16.8. The molecule has 29 heavy (non-hydrogen) atoms. The average Bonchev–Trinajstić information content (AvgIpc) is 2.74. The number of aromatic amines is 1. The van der Waals surface area contributed by atoms with Gasteiger partial charge in [-0.1, -0.05) is 6.92 Å². The van der Waals surface area contributed by atoms with Crippen molar-refractivity contribution in [1.29, 1.82) is 0 Å². The first-order valence-corrected chi connectivity index (χ1v) is 9.98. The minimum Gasteiger partial charge on any atom is -0.497 e. The molecule has 0 amide bonds. The molecule has 0 aliphatic carbocycles. The van der Waals surface area contributed by atoms with Crippen LogP contribution in [0, 0.1) is 5.92 Å². The van der Waals surface area contributed by atoms with Gasteiger partial charge in [0.05, 0.1) is 12.8 Å². The summed E-state index contributed by atoms with van der Waals surface area (Å²) in [6.45, 7) is 4.52. The fraction of sp³-hybridized carbons (Fsp3) is 0.304. The Bertz CT molecular complexity index is 1010. The van der Waals surface area contributed by atoms with E-state index in [2.05, 4.69) is 39.2 Å². The first kappa shape index (κ1) is 19.1. The Balaban J connectivity index is 1.51. The van der Waals surface area contributed by atoms with Gasteiger partial charge in [-0.05, 0) is 67.3 Å². The summed E-state index contributed by atoms with van der Waals surface area (Å²) in [5.74, 6) is 1.92. The van der Waals surface area contributed by atoms with Gasteiger partial charge in [0, 0.05) is 36.1 Å². The number of nitrogens with one attached hydrogen (secondary N) is 2. The summed E-state index contributed by atoms with van der Waals surface area (Å²) in [6.07, 6.45) is 2.55. The number of ether oxygens (including phenoxy) is 1. The Labute approximate surface area is 170 Å². The van der Waals surface area contributed by atoms with Crippen molar-refractivity contribution in [2.75, 3.05) is 30.4 Å². The summed E-state index contributed by atoms with van der Waals surface area (Å²) in [7, 11) is 1.62. The molecule has 2 aromatic carbocycles. The molecule has 1 saturated heterocycles. The number of nitrogens with zero attached hydrogens (tertiary/aromatic N) is 2. The maximum atomic E-state index is 12.1. The van der Waals surface area contributed by atoms with Crippen LogP contribution in [0.25, 0.3) is 11.3 Å². The minimum absolute atomic E-state index is 0.202. The highest BCUT2D eigenvalue weighted by atomic mass is 16.5. The molecule has 150 valence electrons. The number of benzene rings is 2. The summed E-state index contributed by atoms with van der Waals surface area (Å²) >= 11 is 0. The van der Waals surface area contributed by atoms with Crippen molar-refractivity contribution >= 4 is 17.3 Å². The molecular weight excluding hydrogens is 364 g/mol. The molecule has 0 radical (unpaired) electrons. The van der Waals surface area contributed by atoms with Crippen molar-refractivity contribution in [2.45, 2.75) is 19.8 Å². The first-order valence-electron chi connectivity index (χ1n) is 9.98. The second kappa shape index (κ2) is 8.39. The Morgan fingerprint density at radius 3 is 2.59 bits per heavy atom. The van der Waals surface area contributed by atoms with E-state index < -0.39 is 0 Å². The van der Waals surface area contributed by atoms with E-state index in [1.54, 1.807) is 7.11 Å². The van der Waals surface area contributed by atoms with Crippen LogP contribution in [0.1, 0.15) is 19.8 Å². The Kier molecular flexibility index (Phi) is 5.51. The van der Waals surface area contributed by atoms with E-state index in [4.69, 9.17) is 4.74 Å². The van der Waals surface area contributed by atoms with E-state index in [0.717, 1.165) is 36.0 Å². The zero-order valence-corrected chi connectivity index (χ0v) is 16.8. The highest BCUT2D eigenvalue weighted by Gasteiger charge is 2.16. The van der Waals surface area contributed by atoms with E-state index in [-0.39, 0.29) is 5.56 Å². The fourth-order valence-corrected chi connectivity index (χ4v) is 3.74. The fourth-order valence-electron chi connectivity index (χ4n) is 3.74. The molecule has 6 heteroatoms. The summed E-state index contributed by atoms with van der Waals surface area (Å²) < 4.78 is 5.19. The molecule has 1 aliphatic rings. The van der Waals surface area contributed by atoms with Gasteiger partial charge in [0.25, 0.3) is 5.56 Å². The predicted octanol–water partition coefficient (Wildman–Crippen LogP) is 4.43. The van der Waals surface area contributed by atoms with Crippen molar-refractivity contribution in [3.8, 4) is 17.0 Å². The standard InChI is InChI=1S/C23H26N4O2/c1-16-4-3-13-27(15-16)19-9-7-18(8-10-19)24-23-25-21(14-22(28)26-23)17-5-11-20(29-2)12-6-17/h5-12,14,16H,3-4,13,15H2,1-2H3,(H2,24,25,26,28). The topological polar surface area (TPSA) is 70.2 Å². The molecule has 1 fully saturated rings. The van der Waals surface area contributed by atoms with Gasteiger partial charge in [-0.15, -0.1) is 0 Å². The number of rotatable bonds is 5. The van der Waals surface area contributed by atoms with Gasteiger partial charge in [0.1, 0.15) is 5.75 Å². The molecule has 0 spiro atoms. The first-order chi connectivity index (χ1) is 14.1.